The molecule has 0 saturated heterocycles. The Hall–Kier alpha value is -5.29. The molecule has 0 aliphatic carbocycles. The fourth-order valence-electron chi connectivity index (χ4n) is 5.83. The van der Waals surface area contributed by atoms with E-state index in [0.29, 0.717) is 0 Å². The van der Waals surface area contributed by atoms with Crippen molar-refractivity contribution in [2.75, 3.05) is 0 Å². The van der Waals surface area contributed by atoms with Gasteiger partial charge >= 0.3 is 0 Å². The van der Waals surface area contributed by atoms with Crippen molar-refractivity contribution in [3.63, 3.8) is 0 Å². The van der Waals surface area contributed by atoms with Crippen molar-refractivity contribution in [1.29, 1.82) is 0 Å². The van der Waals surface area contributed by atoms with E-state index in [9.17, 15) is 0 Å². The molecule has 190 valence electrons. The standard InChI is InChI=1S/C35H25N5/c1-2-39-30-15-6-5-14-29(30)37-35(39)24-19-17-23(18-20-24)25-10-9-11-26(22-25)32-34-33(27-12-3-4-13-28(27)36-32)38-31-16-7-8-21-40(31)34/h3-22H,2H2,1H3. The number of hydrogen-bond donors (Lipinski definition) is 0. The normalized spacial score (nSPS) is 11.7. The van der Waals surface area contributed by atoms with Gasteiger partial charge in [0.05, 0.1) is 27.8 Å². The van der Waals surface area contributed by atoms with Crippen LogP contribution in [0.3, 0.4) is 0 Å². The van der Waals surface area contributed by atoms with Gasteiger partial charge in [0.1, 0.15) is 17.0 Å². The van der Waals surface area contributed by atoms with Crippen LogP contribution in [0, 0.1) is 0 Å². The van der Waals surface area contributed by atoms with Gasteiger partial charge in [-0.05, 0) is 54.4 Å². The molecule has 0 saturated carbocycles. The predicted molar refractivity (Wildman–Crippen MR) is 163 cm³/mol. The average Bonchev–Trinajstić information content (AvgIpc) is 3.60. The molecule has 0 amide bonds. The summed E-state index contributed by atoms with van der Waals surface area (Å²) in [7, 11) is 0. The van der Waals surface area contributed by atoms with Crippen LogP contribution in [0.4, 0.5) is 0 Å². The van der Waals surface area contributed by atoms with E-state index in [4.69, 9.17) is 15.0 Å². The summed E-state index contributed by atoms with van der Waals surface area (Å²) < 4.78 is 4.42. The third-order valence-corrected chi connectivity index (χ3v) is 7.73. The molecule has 40 heavy (non-hydrogen) atoms. The van der Waals surface area contributed by atoms with Crippen LogP contribution in [0.5, 0.6) is 0 Å². The van der Waals surface area contributed by atoms with Crippen molar-refractivity contribution in [3.8, 4) is 33.8 Å². The van der Waals surface area contributed by atoms with Gasteiger partial charge in [-0.3, -0.25) is 4.40 Å². The van der Waals surface area contributed by atoms with Crippen LogP contribution >= 0.6 is 0 Å². The topological polar surface area (TPSA) is 48.0 Å². The third-order valence-electron chi connectivity index (χ3n) is 7.73. The predicted octanol–water partition coefficient (Wildman–Crippen LogP) is 8.41. The minimum Gasteiger partial charge on any atom is -0.324 e. The van der Waals surface area contributed by atoms with Crippen LogP contribution in [0.1, 0.15) is 6.92 Å². The molecular weight excluding hydrogens is 490 g/mol. The van der Waals surface area contributed by atoms with Gasteiger partial charge in [0.15, 0.2) is 0 Å². The van der Waals surface area contributed by atoms with E-state index in [1.165, 1.54) is 5.52 Å². The zero-order chi connectivity index (χ0) is 26.6. The SMILES string of the molecule is CCn1c(-c2ccc(-c3cccc(-c4nc5ccccc5c5nc6ccccn6c45)c3)cc2)nc2ccccc21. The van der Waals surface area contributed by atoms with Gasteiger partial charge in [-0.2, -0.15) is 0 Å². The highest BCUT2D eigenvalue weighted by molar-refractivity contribution is 6.09. The zero-order valence-electron chi connectivity index (χ0n) is 22.0. The molecule has 0 bridgehead atoms. The molecule has 8 rings (SSSR count). The van der Waals surface area contributed by atoms with Crippen molar-refractivity contribution in [2.45, 2.75) is 13.5 Å². The monoisotopic (exact) mass is 515 g/mol. The Bertz CT molecular complexity index is 2200. The highest BCUT2D eigenvalue weighted by Gasteiger charge is 2.17. The Morgan fingerprint density at radius 3 is 2.23 bits per heavy atom. The number of hydrogen-bond acceptors (Lipinski definition) is 3. The highest BCUT2D eigenvalue weighted by atomic mass is 15.1. The molecule has 4 aromatic carbocycles. The minimum atomic E-state index is 0.871. The largest absolute Gasteiger partial charge is 0.324 e. The molecule has 0 aliphatic heterocycles. The molecule has 4 aromatic heterocycles. The van der Waals surface area contributed by atoms with Gasteiger partial charge in [-0.15, -0.1) is 0 Å². The Balaban J connectivity index is 1.25. The summed E-state index contributed by atoms with van der Waals surface area (Å²) >= 11 is 0. The molecule has 4 heterocycles. The van der Waals surface area contributed by atoms with Crippen molar-refractivity contribution in [2.24, 2.45) is 0 Å². The van der Waals surface area contributed by atoms with Crippen LogP contribution in [-0.2, 0) is 6.54 Å². The minimum absolute atomic E-state index is 0.871. The van der Waals surface area contributed by atoms with Crippen molar-refractivity contribution in [3.05, 3.63) is 121 Å². The lowest BCUT2D eigenvalue weighted by Crippen LogP contribution is -1.97. The average molecular weight is 516 g/mol. The second-order valence-corrected chi connectivity index (χ2v) is 10.0. The molecule has 0 atom stereocenters. The molecule has 0 spiro atoms. The fourth-order valence-corrected chi connectivity index (χ4v) is 5.83. The smallest absolute Gasteiger partial charge is 0.141 e. The highest BCUT2D eigenvalue weighted by Crippen LogP contribution is 2.35. The summed E-state index contributed by atoms with van der Waals surface area (Å²) in [6.45, 7) is 3.04. The van der Waals surface area contributed by atoms with Crippen molar-refractivity contribution < 1.29 is 0 Å². The molecular formula is C35H25N5. The number of para-hydroxylation sites is 3. The number of aromatic nitrogens is 5. The lowest BCUT2D eigenvalue weighted by atomic mass is 9.99. The number of nitrogens with zero attached hydrogens (tertiary/aromatic N) is 5. The number of aryl methyl sites for hydroxylation is 1. The number of rotatable bonds is 4. The maximum atomic E-state index is 5.15. The Labute approximate surface area is 231 Å². The molecule has 0 radical (unpaired) electrons. The molecule has 5 nitrogen and oxygen atoms in total. The van der Waals surface area contributed by atoms with Gasteiger partial charge in [0.2, 0.25) is 0 Å². The van der Waals surface area contributed by atoms with Gasteiger partial charge < -0.3 is 4.57 Å². The summed E-state index contributed by atoms with van der Waals surface area (Å²) in [5.41, 5.74) is 11.5. The van der Waals surface area contributed by atoms with Crippen molar-refractivity contribution in [1.82, 2.24) is 23.9 Å². The number of pyridine rings is 2. The Kier molecular flexibility index (Phi) is 5.04. The summed E-state index contributed by atoms with van der Waals surface area (Å²) in [5.74, 6) is 0.999. The van der Waals surface area contributed by atoms with Gasteiger partial charge in [-0.25, -0.2) is 15.0 Å². The van der Waals surface area contributed by atoms with E-state index in [0.717, 1.165) is 73.4 Å². The molecule has 0 aliphatic rings. The van der Waals surface area contributed by atoms with E-state index in [1.54, 1.807) is 0 Å². The first-order chi connectivity index (χ1) is 19.8. The second kappa shape index (κ2) is 8.89. The number of fused-ring (bicyclic) bond motifs is 6. The fraction of sp³-hybridized carbons (Fsp3) is 0.0571. The summed E-state index contributed by atoms with van der Waals surface area (Å²) in [6.07, 6.45) is 2.07. The van der Waals surface area contributed by atoms with E-state index in [1.807, 2.05) is 36.4 Å². The summed E-state index contributed by atoms with van der Waals surface area (Å²) in [4.78, 5) is 15.1. The van der Waals surface area contributed by atoms with Crippen LogP contribution in [-0.4, -0.2) is 23.9 Å². The Morgan fingerprint density at radius 2 is 1.35 bits per heavy atom. The summed E-state index contributed by atoms with van der Waals surface area (Å²) in [5, 5.41) is 1.06. The van der Waals surface area contributed by atoms with E-state index in [-0.39, 0.29) is 0 Å². The maximum absolute atomic E-state index is 5.15. The molecule has 0 fully saturated rings. The molecule has 8 aromatic rings. The van der Waals surface area contributed by atoms with Crippen LogP contribution in [0.2, 0.25) is 0 Å². The van der Waals surface area contributed by atoms with Crippen LogP contribution in [0.15, 0.2) is 121 Å². The quantitative estimate of drug-likeness (QED) is 0.236. The van der Waals surface area contributed by atoms with E-state index in [2.05, 4.69) is 101 Å². The second-order valence-electron chi connectivity index (χ2n) is 10.0. The third kappa shape index (κ3) is 3.45. The van der Waals surface area contributed by atoms with Crippen LogP contribution in [0.25, 0.3) is 72.4 Å². The molecule has 5 heteroatoms. The van der Waals surface area contributed by atoms with Gasteiger partial charge in [0.25, 0.3) is 0 Å². The van der Waals surface area contributed by atoms with E-state index >= 15 is 0 Å². The van der Waals surface area contributed by atoms with Crippen LogP contribution < -0.4 is 0 Å². The number of benzene rings is 4. The number of imidazole rings is 2. The lowest BCUT2D eigenvalue weighted by Gasteiger charge is -2.10. The zero-order valence-corrected chi connectivity index (χ0v) is 22.0. The van der Waals surface area contributed by atoms with E-state index < -0.39 is 0 Å². The lowest BCUT2D eigenvalue weighted by molar-refractivity contribution is 0.796. The van der Waals surface area contributed by atoms with Gasteiger partial charge in [-0.1, -0.05) is 78.9 Å². The Morgan fingerprint density at radius 1 is 0.600 bits per heavy atom. The first kappa shape index (κ1) is 22.7. The first-order valence-corrected chi connectivity index (χ1v) is 13.6. The van der Waals surface area contributed by atoms with Gasteiger partial charge in [0, 0.05) is 29.3 Å². The van der Waals surface area contributed by atoms with Crippen molar-refractivity contribution >= 4 is 38.6 Å². The summed E-state index contributed by atoms with van der Waals surface area (Å²) in [6, 6.07) is 40.0. The molecule has 0 N–H and O–H groups in total. The molecule has 0 unspecified atom stereocenters. The first-order valence-electron chi connectivity index (χ1n) is 13.6. The maximum Gasteiger partial charge on any atom is 0.141 e.